The minimum atomic E-state index is -0.0110. The highest BCUT2D eigenvalue weighted by molar-refractivity contribution is 6.13. The summed E-state index contributed by atoms with van der Waals surface area (Å²) in [6.45, 7) is 0. The second kappa shape index (κ2) is 2.98. The average Bonchev–Trinajstić information content (AvgIpc) is 2.69. The van der Waals surface area contributed by atoms with Crippen molar-refractivity contribution in [1.82, 2.24) is 0 Å². The maximum Gasteiger partial charge on any atom is 0.162 e. The van der Waals surface area contributed by atoms with E-state index in [2.05, 4.69) is 0 Å². The Kier molecular flexibility index (Phi) is 1.69. The molecule has 0 aliphatic rings. The summed E-state index contributed by atoms with van der Waals surface area (Å²) in [4.78, 5) is 0. The molecule has 0 aliphatic carbocycles. The second-order valence-electron chi connectivity index (χ2n) is 3.92. The lowest BCUT2D eigenvalue weighted by atomic mass is 10.1. The van der Waals surface area contributed by atoms with Gasteiger partial charge in [-0.1, -0.05) is 0 Å². The lowest BCUT2D eigenvalue weighted by Crippen LogP contribution is -1.93. The molecule has 0 radical (unpaired) electrons. The van der Waals surface area contributed by atoms with Crippen molar-refractivity contribution >= 4 is 39.0 Å². The summed E-state index contributed by atoms with van der Waals surface area (Å²) < 4.78 is 5.59. The Hall–Kier alpha value is -2.56. The van der Waals surface area contributed by atoms with Gasteiger partial charge in [0.1, 0.15) is 11.4 Å². The van der Waals surface area contributed by atoms with Crippen molar-refractivity contribution < 1.29 is 9.52 Å². The molecule has 0 fully saturated rings. The molecule has 5 nitrogen and oxygen atoms in total. The molecule has 3 aromatic rings. The van der Waals surface area contributed by atoms with Gasteiger partial charge in [-0.05, 0) is 24.3 Å². The number of hydrogen-bond donors (Lipinski definition) is 4. The van der Waals surface area contributed by atoms with Crippen LogP contribution in [0.25, 0.3) is 21.9 Å². The number of benzene rings is 2. The van der Waals surface area contributed by atoms with Gasteiger partial charge < -0.3 is 26.7 Å². The Morgan fingerprint density at radius 3 is 2.12 bits per heavy atom. The van der Waals surface area contributed by atoms with Gasteiger partial charge in [0.05, 0.1) is 11.4 Å². The summed E-state index contributed by atoms with van der Waals surface area (Å²) in [5.74, 6) is -0.0110. The quantitative estimate of drug-likeness (QED) is 0.348. The molecule has 2 aromatic carbocycles. The minimum Gasteiger partial charge on any atom is -0.506 e. The van der Waals surface area contributed by atoms with Crippen molar-refractivity contribution in [3.8, 4) is 5.75 Å². The van der Waals surface area contributed by atoms with Gasteiger partial charge in [0, 0.05) is 10.8 Å². The van der Waals surface area contributed by atoms with Crippen molar-refractivity contribution in [2.75, 3.05) is 17.2 Å². The Morgan fingerprint density at radius 1 is 0.824 bits per heavy atom. The number of nitrogens with two attached hydrogens (primary N) is 3. The molecule has 0 spiro atoms. The molecule has 0 amide bonds. The molecule has 0 bridgehead atoms. The summed E-state index contributed by atoms with van der Waals surface area (Å²) in [5.41, 5.74) is 19.3. The van der Waals surface area contributed by atoms with E-state index in [1.54, 1.807) is 12.1 Å². The summed E-state index contributed by atoms with van der Waals surface area (Å²) in [5, 5.41) is 11.2. The van der Waals surface area contributed by atoms with Crippen LogP contribution in [0.4, 0.5) is 17.1 Å². The molecule has 1 heterocycles. The Bertz CT molecular complexity index is 684. The summed E-state index contributed by atoms with van der Waals surface area (Å²) in [6.07, 6.45) is 0. The van der Waals surface area contributed by atoms with Crippen LogP contribution in [0.1, 0.15) is 0 Å². The highest BCUT2D eigenvalue weighted by Crippen LogP contribution is 2.39. The fourth-order valence-electron chi connectivity index (χ4n) is 1.95. The molecule has 17 heavy (non-hydrogen) atoms. The normalized spacial score (nSPS) is 11.3. The largest absolute Gasteiger partial charge is 0.506 e. The van der Waals surface area contributed by atoms with Crippen LogP contribution in [0.5, 0.6) is 5.75 Å². The van der Waals surface area contributed by atoms with Gasteiger partial charge >= 0.3 is 0 Å². The highest BCUT2D eigenvalue weighted by atomic mass is 16.3. The molecule has 0 saturated heterocycles. The number of rotatable bonds is 0. The van der Waals surface area contributed by atoms with E-state index in [9.17, 15) is 5.11 Å². The Morgan fingerprint density at radius 2 is 1.41 bits per heavy atom. The van der Waals surface area contributed by atoms with Crippen molar-refractivity contribution in [1.29, 1.82) is 0 Å². The highest BCUT2D eigenvalue weighted by Gasteiger charge is 2.14. The first kappa shape index (κ1) is 9.65. The molecular weight excluding hydrogens is 218 g/mol. The van der Waals surface area contributed by atoms with Gasteiger partial charge in [0.15, 0.2) is 11.2 Å². The van der Waals surface area contributed by atoms with E-state index < -0.39 is 0 Å². The van der Waals surface area contributed by atoms with E-state index in [0.717, 1.165) is 10.8 Å². The molecule has 0 saturated carbocycles. The van der Waals surface area contributed by atoms with Crippen molar-refractivity contribution in [3.63, 3.8) is 0 Å². The van der Waals surface area contributed by atoms with Crippen LogP contribution >= 0.6 is 0 Å². The van der Waals surface area contributed by atoms with Crippen molar-refractivity contribution in [3.05, 3.63) is 24.3 Å². The SMILES string of the molecule is Nc1ccc2c(oc3c(N)c(O)ccc32)c1N. The number of furan rings is 1. The smallest absolute Gasteiger partial charge is 0.162 e. The fourth-order valence-corrected chi connectivity index (χ4v) is 1.95. The van der Waals surface area contributed by atoms with Crippen LogP contribution in [0.15, 0.2) is 28.7 Å². The van der Waals surface area contributed by atoms with Crippen LogP contribution in [0, 0.1) is 0 Å². The predicted molar refractivity (Wildman–Crippen MR) is 68.6 cm³/mol. The van der Waals surface area contributed by atoms with Crippen molar-refractivity contribution in [2.24, 2.45) is 0 Å². The number of hydrogen-bond acceptors (Lipinski definition) is 5. The van der Waals surface area contributed by atoms with Crippen LogP contribution in [-0.4, -0.2) is 5.11 Å². The molecule has 5 heteroatoms. The lowest BCUT2D eigenvalue weighted by Gasteiger charge is -1.98. The van der Waals surface area contributed by atoms with E-state index in [1.165, 1.54) is 6.07 Å². The molecule has 0 unspecified atom stereocenters. The standard InChI is InChI=1S/C12H11N3O2/c13-7-3-1-5-6-2-4-8(16)10(15)12(6)17-11(5)9(7)14/h1-4,16H,13-15H2. The van der Waals surface area contributed by atoms with E-state index in [-0.39, 0.29) is 11.4 Å². The van der Waals surface area contributed by atoms with Crippen LogP contribution < -0.4 is 17.2 Å². The molecule has 3 rings (SSSR count). The Balaban J connectivity index is 2.58. The second-order valence-corrected chi connectivity index (χ2v) is 3.92. The molecule has 0 aliphatic heterocycles. The van der Waals surface area contributed by atoms with E-state index >= 15 is 0 Å². The third-order valence-electron chi connectivity index (χ3n) is 2.90. The van der Waals surface area contributed by atoms with Crippen molar-refractivity contribution in [2.45, 2.75) is 0 Å². The number of phenols is 1. The molecule has 86 valence electrons. The number of aromatic hydroxyl groups is 1. The monoisotopic (exact) mass is 229 g/mol. The zero-order chi connectivity index (χ0) is 12.2. The first-order valence-electron chi connectivity index (χ1n) is 5.07. The zero-order valence-corrected chi connectivity index (χ0v) is 8.90. The van der Waals surface area contributed by atoms with Gasteiger partial charge in [-0.2, -0.15) is 0 Å². The molecule has 1 aromatic heterocycles. The number of fused-ring (bicyclic) bond motifs is 3. The summed E-state index contributed by atoms with van der Waals surface area (Å²) in [7, 11) is 0. The number of anilines is 3. The summed E-state index contributed by atoms with van der Waals surface area (Å²) in [6, 6.07) is 6.81. The molecule has 0 atom stereocenters. The van der Waals surface area contributed by atoms with Gasteiger partial charge in [0.2, 0.25) is 0 Å². The zero-order valence-electron chi connectivity index (χ0n) is 8.90. The molecular formula is C12H11N3O2. The average molecular weight is 229 g/mol. The third-order valence-corrected chi connectivity index (χ3v) is 2.90. The van der Waals surface area contributed by atoms with Crippen LogP contribution in [0.3, 0.4) is 0 Å². The first-order chi connectivity index (χ1) is 8.09. The number of nitrogen functional groups attached to an aromatic ring is 3. The van der Waals surface area contributed by atoms with E-state index in [0.29, 0.717) is 22.5 Å². The van der Waals surface area contributed by atoms with Gasteiger partial charge in [-0.25, -0.2) is 0 Å². The fraction of sp³-hybridized carbons (Fsp3) is 0. The third kappa shape index (κ3) is 1.13. The predicted octanol–water partition coefficient (Wildman–Crippen LogP) is 2.04. The topological polar surface area (TPSA) is 111 Å². The number of phenolic OH excluding ortho intramolecular Hbond substituents is 1. The van der Waals surface area contributed by atoms with E-state index in [1.807, 2.05) is 6.07 Å². The van der Waals surface area contributed by atoms with Gasteiger partial charge in [-0.3, -0.25) is 0 Å². The summed E-state index contributed by atoms with van der Waals surface area (Å²) >= 11 is 0. The first-order valence-corrected chi connectivity index (χ1v) is 5.07. The Labute approximate surface area is 96.4 Å². The van der Waals surface area contributed by atoms with Crippen LogP contribution in [0.2, 0.25) is 0 Å². The minimum absolute atomic E-state index is 0.0110. The maximum absolute atomic E-state index is 9.53. The molecule has 7 N–H and O–H groups in total. The van der Waals surface area contributed by atoms with Gasteiger partial charge in [0.25, 0.3) is 0 Å². The maximum atomic E-state index is 9.53. The van der Waals surface area contributed by atoms with Gasteiger partial charge in [-0.15, -0.1) is 0 Å². The van der Waals surface area contributed by atoms with E-state index in [4.69, 9.17) is 21.6 Å². The lowest BCUT2D eigenvalue weighted by molar-refractivity contribution is 0.477. The van der Waals surface area contributed by atoms with Crippen LogP contribution in [-0.2, 0) is 0 Å².